The number of anilines is 1. The molecule has 0 saturated heterocycles. The quantitative estimate of drug-likeness (QED) is 0.653. The van der Waals surface area contributed by atoms with E-state index < -0.39 is 0 Å². The first-order valence-electron chi connectivity index (χ1n) is 7.28. The minimum Gasteiger partial charge on any atom is -0.348 e. The molecule has 0 radical (unpaired) electrons. The van der Waals surface area contributed by atoms with Gasteiger partial charge in [0, 0.05) is 23.5 Å². The lowest BCUT2D eigenvalue weighted by Gasteiger charge is -2.11. The molecule has 0 fully saturated rings. The number of rotatable bonds is 5. The van der Waals surface area contributed by atoms with E-state index >= 15 is 0 Å². The van der Waals surface area contributed by atoms with E-state index in [2.05, 4.69) is 64.0 Å². The van der Waals surface area contributed by atoms with Gasteiger partial charge in [0.1, 0.15) is 5.69 Å². The van der Waals surface area contributed by atoms with Crippen LogP contribution in [0.1, 0.15) is 36.5 Å². The Bertz CT molecular complexity index is 741. The highest BCUT2D eigenvalue weighted by atomic mass is 16.1. The van der Waals surface area contributed by atoms with Gasteiger partial charge in [-0.3, -0.25) is 9.78 Å². The molecule has 2 aromatic rings. The Balaban J connectivity index is 2.13. The Labute approximate surface area is 129 Å². The van der Waals surface area contributed by atoms with Crippen molar-refractivity contribution in [2.24, 2.45) is 11.0 Å². The van der Waals surface area contributed by atoms with Crippen molar-refractivity contribution in [3.8, 4) is 0 Å². The summed E-state index contributed by atoms with van der Waals surface area (Å²) < 4.78 is 2.28. The lowest BCUT2D eigenvalue weighted by Crippen LogP contribution is -2.15. The SMILES string of the molecule is Cc1nnc(N/N=C\c2cc(C)n(CC(C)C)c2C)[nH]c1=O. The van der Waals surface area contributed by atoms with E-state index in [9.17, 15) is 4.79 Å². The van der Waals surface area contributed by atoms with E-state index in [1.54, 1.807) is 13.1 Å². The van der Waals surface area contributed by atoms with Crippen LogP contribution in [0.5, 0.6) is 0 Å². The first-order chi connectivity index (χ1) is 10.4. The highest BCUT2D eigenvalue weighted by molar-refractivity contribution is 5.82. The molecule has 0 saturated carbocycles. The van der Waals surface area contributed by atoms with Crippen molar-refractivity contribution in [1.29, 1.82) is 0 Å². The second-order valence-electron chi connectivity index (χ2n) is 5.79. The van der Waals surface area contributed by atoms with E-state index in [0.717, 1.165) is 12.1 Å². The summed E-state index contributed by atoms with van der Waals surface area (Å²) in [6.07, 6.45) is 1.72. The van der Waals surface area contributed by atoms with Gasteiger partial charge in [-0.1, -0.05) is 13.8 Å². The predicted octanol–water partition coefficient (Wildman–Crippen LogP) is 1.99. The zero-order valence-corrected chi connectivity index (χ0v) is 13.6. The molecule has 7 nitrogen and oxygen atoms in total. The molecular formula is C15H22N6O. The van der Waals surface area contributed by atoms with Crippen LogP contribution in [0.15, 0.2) is 16.0 Å². The molecule has 0 unspecified atom stereocenters. The minimum absolute atomic E-state index is 0.225. The summed E-state index contributed by atoms with van der Waals surface area (Å²) in [7, 11) is 0. The van der Waals surface area contributed by atoms with Crippen LogP contribution in [0.4, 0.5) is 5.95 Å². The molecule has 2 N–H and O–H groups in total. The molecule has 0 aliphatic heterocycles. The number of aromatic nitrogens is 4. The summed E-state index contributed by atoms with van der Waals surface area (Å²) in [5.41, 5.74) is 6.15. The molecule has 118 valence electrons. The average Bonchev–Trinajstić information content (AvgIpc) is 2.70. The molecule has 0 atom stereocenters. The van der Waals surface area contributed by atoms with Crippen LogP contribution in [-0.2, 0) is 6.54 Å². The molecule has 0 aromatic carbocycles. The summed E-state index contributed by atoms with van der Waals surface area (Å²) in [6, 6.07) is 2.09. The fourth-order valence-corrected chi connectivity index (χ4v) is 2.21. The second kappa shape index (κ2) is 6.55. The summed E-state index contributed by atoms with van der Waals surface area (Å²) in [5.74, 6) is 0.809. The third-order valence-corrected chi connectivity index (χ3v) is 3.40. The number of aryl methyl sites for hydroxylation is 2. The number of hydrazone groups is 1. The van der Waals surface area contributed by atoms with Gasteiger partial charge in [0.15, 0.2) is 0 Å². The number of hydrogen-bond donors (Lipinski definition) is 2. The molecule has 0 spiro atoms. The molecule has 0 bridgehead atoms. The van der Waals surface area contributed by atoms with Crippen LogP contribution in [0.25, 0.3) is 0 Å². The Kier molecular flexibility index (Phi) is 4.75. The topological polar surface area (TPSA) is 88.0 Å². The van der Waals surface area contributed by atoms with Crippen molar-refractivity contribution in [2.45, 2.75) is 41.2 Å². The number of nitrogens with zero attached hydrogens (tertiary/aromatic N) is 4. The Morgan fingerprint density at radius 3 is 2.73 bits per heavy atom. The standard InChI is InChI=1S/C15H22N6O/c1-9(2)8-21-10(3)6-13(12(21)5)7-16-19-15-17-14(22)11(4)18-20-15/h6-7,9H,8H2,1-5H3,(H2,17,19,20,22)/b16-7-. The summed E-state index contributed by atoms with van der Waals surface area (Å²) >= 11 is 0. The number of hydrogen-bond acceptors (Lipinski definition) is 5. The lowest BCUT2D eigenvalue weighted by atomic mass is 10.2. The predicted molar refractivity (Wildman–Crippen MR) is 87.4 cm³/mol. The second-order valence-corrected chi connectivity index (χ2v) is 5.79. The van der Waals surface area contributed by atoms with Gasteiger partial charge in [-0.2, -0.15) is 5.10 Å². The molecule has 7 heteroatoms. The Hall–Kier alpha value is -2.44. The Morgan fingerprint density at radius 2 is 2.09 bits per heavy atom. The molecule has 22 heavy (non-hydrogen) atoms. The third-order valence-electron chi connectivity index (χ3n) is 3.40. The maximum absolute atomic E-state index is 11.4. The molecule has 2 aromatic heterocycles. The van der Waals surface area contributed by atoms with E-state index in [1.165, 1.54) is 11.4 Å². The van der Waals surface area contributed by atoms with Gasteiger partial charge in [-0.25, -0.2) is 5.43 Å². The molecule has 0 aliphatic carbocycles. The van der Waals surface area contributed by atoms with Gasteiger partial charge in [-0.05, 0) is 32.8 Å². The van der Waals surface area contributed by atoms with Crippen LogP contribution in [0.3, 0.4) is 0 Å². The monoisotopic (exact) mass is 302 g/mol. The zero-order chi connectivity index (χ0) is 16.3. The normalized spacial score (nSPS) is 11.5. The first-order valence-corrected chi connectivity index (χ1v) is 7.28. The van der Waals surface area contributed by atoms with Gasteiger partial charge < -0.3 is 4.57 Å². The maximum atomic E-state index is 11.4. The molecular weight excluding hydrogens is 280 g/mol. The molecule has 2 heterocycles. The number of H-pyrrole nitrogens is 1. The number of nitrogens with one attached hydrogen (secondary N) is 2. The minimum atomic E-state index is -0.275. The van der Waals surface area contributed by atoms with Crippen LogP contribution >= 0.6 is 0 Å². The zero-order valence-electron chi connectivity index (χ0n) is 13.6. The van der Waals surface area contributed by atoms with E-state index in [1.807, 2.05) is 0 Å². The Morgan fingerprint density at radius 1 is 1.36 bits per heavy atom. The van der Waals surface area contributed by atoms with E-state index in [-0.39, 0.29) is 11.5 Å². The molecule has 0 amide bonds. The first kappa shape index (κ1) is 15.9. The highest BCUT2D eigenvalue weighted by Crippen LogP contribution is 2.15. The molecule has 2 rings (SSSR count). The van der Waals surface area contributed by atoms with Crippen molar-refractivity contribution in [3.05, 3.63) is 39.1 Å². The van der Waals surface area contributed by atoms with Gasteiger partial charge >= 0.3 is 0 Å². The lowest BCUT2D eigenvalue weighted by molar-refractivity contribution is 0.509. The fraction of sp³-hybridized carbons (Fsp3) is 0.467. The average molecular weight is 302 g/mol. The van der Waals surface area contributed by atoms with Crippen LogP contribution in [0, 0.1) is 26.7 Å². The van der Waals surface area contributed by atoms with Gasteiger partial charge in [0.2, 0.25) is 5.95 Å². The van der Waals surface area contributed by atoms with Crippen LogP contribution < -0.4 is 11.0 Å². The number of aromatic amines is 1. The van der Waals surface area contributed by atoms with E-state index in [0.29, 0.717) is 11.6 Å². The van der Waals surface area contributed by atoms with Crippen molar-refractivity contribution in [1.82, 2.24) is 19.7 Å². The smallest absolute Gasteiger partial charge is 0.274 e. The van der Waals surface area contributed by atoms with Crippen molar-refractivity contribution < 1.29 is 0 Å². The van der Waals surface area contributed by atoms with Crippen molar-refractivity contribution in [3.63, 3.8) is 0 Å². The fourth-order valence-electron chi connectivity index (χ4n) is 2.21. The van der Waals surface area contributed by atoms with E-state index in [4.69, 9.17) is 0 Å². The molecule has 0 aliphatic rings. The summed E-state index contributed by atoms with van der Waals surface area (Å²) in [4.78, 5) is 14.0. The third kappa shape index (κ3) is 3.60. The van der Waals surface area contributed by atoms with Gasteiger partial charge in [0.05, 0.1) is 6.21 Å². The van der Waals surface area contributed by atoms with Crippen molar-refractivity contribution in [2.75, 3.05) is 5.43 Å². The van der Waals surface area contributed by atoms with Crippen LogP contribution in [0.2, 0.25) is 0 Å². The van der Waals surface area contributed by atoms with Gasteiger partial charge in [0.25, 0.3) is 5.56 Å². The maximum Gasteiger partial charge on any atom is 0.274 e. The van der Waals surface area contributed by atoms with Crippen molar-refractivity contribution >= 4 is 12.2 Å². The van der Waals surface area contributed by atoms with Crippen LogP contribution in [-0.4, -0.2) is 26.0 Å². The largest absolute Gasteiger partial charge is 0.348 e. The summed E-state index contributed by atoms with van der Waals surface area (Å²) in [6.45, 7) is 11.1. The van der Waals surface area contributed by atoms with Gasteiger partial charge in [-0.15, -0.1) is 10.2 Å². The summed E-state index contributed by atoms with van der Waals surface area (Å²) in [5, 5.41) is 11.7. The highest BCUT2D eigenvalue weighted by Gasteiger charge is 2.08.